The second kappa shape index (κ2) is 10.8. The number of amides is 1. The number of hydroxylamine groups is 1. The minimum Gasteiger partial charge on any atom is -0.547 e. The van der Waals surface area contributed by atoms with Gasteiger partial charge in [-0.1, -0.05) is 44.0 Å². The highest BCUT2D eigenvalue weighted by molar-refractivity contribution is 6.74. The number of hydrogen-bond donors (Lipinski definition) is 0. The Morgan fingerprint density at radius 3 is 2.15 bits per heavy atom. The normalized spacial score (nSPS) is 16.5. The fourth-order valence-corrected chi connectivity index (χ4v) is 5.02. The summed E-state index contributed by atoms with van der Waals surface area (Å²) in [7, 11) is -1.96. The molecule has 1 aliphatic rings. The molecule has 0 N–H and O–H groups in total. The molecule has 0 fully saturated rings. The van der Waals surface area contributed by atoms with Gasteiger partial charge in [0, 0.05) is 18.4 Å². The third kappa shape index (κ3) is 7.53. The molecular formula is C30H45N3O5Si. The first-order valence-electron chi connectivity index (χ1n) is 13.6. The number of carbonyl (C=O) groups excluding carboxylic acids is 2. The van der Waals surface area contributed by atoms with Crippen LogP contribution in [-0.4, -0.2) is 35.8 Å². The van der Waals surface area contributed by atoms with Gasteiger partial charge in [-0.3, -0.25) is 0 Å². The van der Waals surface area contributed by atoms with Crippen molar-refractivity contribution in [1.82, 2.24) is 9.78 Å². The molecule has 39 heavy (non-hydrogen) atoms. The van der Waals surface area contributed by atoms with Crippen LogP contribution in [0, 0.1) is 0 Å². The van der Waals surface area contributed by atoms with E-state index in [-0.39, 0.29) is 11.0 Å². The molecule has 0 aliphatic heterocycles. The predicted molar refractivity (Wildman–Crippen MR) is 156 cm³/mol. The number of aromatic nitrogens is 2. The van der Waals surface area contributed by atoms with Crippen molar-refractivity contribution in [3.8, 4) is 0 Å². The second-order valence-corrected chi connectivity index (χ2v) is 18.4. The highest BCUT2D eigenvalue weighted by Gasteiger charge is 2.41. The number of allylic oxidation sites excluding steroid dienone is 2. The SMILES string of the molecule is CC(C)(C)OC(=O)N(OC(=O)c1ccccc1)c1cc(C2CC=C(O[Si](C)(C)C(C)(C)C)C2)nn1C(C)(C)C. The largest absolute Gasteiger partial charge is 0.547 e. The van der Waals surface area contributed by atoms with Crippen LogP contribution in [0.25, 0.3) is 0 Å². The van der Waals surface area contributed by atoms with Crippen LogP contribution in [0.5, 0.6) is 0 Å². The van der Waals surface area contributed by atoms with Gasteiger partial charge in [-0.25, -0.2) is 14.3 Å². The zero-order chi connectivity index (χ0) is 29.4. The molecule has 0 spiro atoms. The van der Waals surface area contributed by atoms with Gasteiger partial charge in [0.15, 0.2) is 5.82 Å². The lowest BCUT2D eigenvalue weighted by Crippen LogP contribution is -2.41. The van der Waals surface area contributed by atoms with E-state index in [0.717, 1.165) is 29.4 Å². The molecule has 0 saturated carbocycles. The maximum absolute atomic E-state index is 13.4. The Bertz CT molecular complexity index is 1210. The van der Waals surface area contributed by atoms with Gasteiger partial charge in [-0.15, -0.1) is 0 Å². The molecule has 1 amide bonds. The lowest BCUT2D eigenvalue weighted by Gasteiger charge is -2.37. The monoisotopic (exact) mass is 555 g/mol. The zero-order valence-corrected chi connectivity index (χ0v) is 26.4. The lowest BCUT2D eigenvalue weighted by molar-refractivity contribution is 0.0185. The molecule has 8 nitrogen and oxygen atoms in total. The maximum Gasteiger partial charge on any atom is 0.450 e. The van der Waals surface area contributed by atoms with Gasteiger partial charge in [-0.05, 0) is 84.3 Å². The van der Waals surface area contributed by atoms with Crippen LogP contribution in [0.4, 0.5) is 10.6 Å². The van der Waals surface area contributed by atoms with Crippen LogP contribution in [0.1, 0.15) is 97.1 Å². The summed E-state index contributed by atoms with van der Waals surface area (Å²) in [5.74, 6) is 0.738. The van der Waals surface area contributed by atoms with Crippen molar-refractivity contribution in [2.24, 2.45) is 0 Å². The van der Waals surface area contributed by atoms with Crippen LogP contribution in [0.3, 0.4) is 0 Å². The van der Waals surface area contributed by atoms with Crippen molar-refractivity contribution in [3.63, 3.8) is 0 Å². The van der Waals surface area contributed by atoms with Crippen LogP contribution < -0.4 is 5.06 Å². The summed E-state index contributed by atoms with van der Waals surface area (Å²) in [5, 5.41) is 5.95. The van der Waals surface area contributed by atoms with E-state index < -0.39 is 31.5 Å². The number of anilines is 1. The Balaban J connectivity index is 1.96. The van der Waals surface area contributed by atoms with Gasteiger partial charge in [0.2, 0.25) is 8.32 Å². The fourth-order valence-electron chi connectivity index (χ4n) is 3.89. The fraction of sp³-hybridized carbons (Fsp3) is 0.567. The topological polar surface area (TPSA) is 82.9 Å². The van der Waals surface area contributed by atoms with Crippen LogP contribution in [-0.2, 0) is 19.5 Å². The Kier molecular flexibility index (Phi) is 8.46. The lowest BCUT2D eigenvalue weighted by atomic mass is 10.0. The predicted octanol–water partition coefficient (Wildman–Crippen LogP) is 7.93. The molecule has 1 atom stereocenters. The summed E-state index contributed by atoms with van der Waals surface area (Å²) in [6.07, 6.45) is 2.86. The summed E-state index contributed by atoms with van der Waals surface area (Å²) >= 11 is 0. The zero-order valence-electron chi connectivity index (χ0n) is 25.4. The highest BCUT2D eigenvalue weighted by Crippen LogP contribution is 2.43. The first-order valence-corrected chi connectivity index (χ1v) is 16.5. The Hall–Kier alpha value is -3.07. The van der Waals surface area contributed by atoms with Crippen LogP contribution >= 0.6 is 0 Å². The number of carbonyl (C=O) groups is 2. The molecule has 2 aromatic rings. The number of rotatable bonds is 5. The molecule has 1 aromatic carbocycles. The molecule has 1 unspecified atom stereocenters. The molecule has 0 bridgehead atoms. The quantitative estimate of drug-likeness (QED) is 0.275. The van der Waals surface area contributed by atoms with Gasteiger partial charge < -0.3 is 14.0 Å². The van der Waals surface area contributed by atoms with Crippen molar-refractivity contribution < 1.29 is 23.6 Å². The number of benzene rings is 1. The first kappa shape index (κ1) is 30.5. The third-order valence-electron chi connectivity index (χ3n) is 6.98. The van der Waals surface area contributed by atoms with Crippen molar-refractivity contribution in [3.05, 3.63) is 59.5 Å². The van der Waals surface area contributed by atoms with Crippen LogP contribution in [0.2, 0.25) is 18.1 Å². The molecular weight excluding hydrogens is 510 g/mol. The van der Waals surface area contributed by atoms with Crippen molar-refractivity contribution in [2.75, 3.05) is 5.06 Å². The Morgan fingerprint density at radius 2 is 1.62 bits per heavy atom. The standard InChI is InChI=1S/C30H45N3O5Si/c1-28(2,3)33-25(20-24(31-33)22-17-18-23(19-22)38-39(10,11)30(7,8)9)32(27(35)36-29(4,5)6)37-26(34)21-15-13-12-14-16-21/h12-16,18,20,22H,17,19H2,1-11H3. The van der Waals surface area contributed by atoms with E-state index in [2.05, 4.69) is 39.9 Å². The molecule has 3 rings (SSSR count). The van der Waals surface area contributed by atoms with E-state index in [1.807, 2.05) is 32.9 Å². The van der Waals surface area contributed by atoms with Crippen molar-refractivity contribution >= 4 is 26.2 Å². The molecule has 9 heteroatoms. The number of hydrogen-bond acceptors (Lipinski definition) is 6. The second-order valence-electron chi connectivity index (χ2n) is 13.7. The maximum atomic E-state index is 13.4. The molecule has 1 aromatic heterocycles. The minimum atomic E-state index is -1.96. The molecule has 0 radical (unpaired) electrons. The van der Waals surface area contributed by atoms with Gasteiger partial charge in [-0.2, -0.15) is 5.10 Å². The average molecular weight is 556 g/mol. The first-order chi connectivity index (χ1) is 17.8. The average Bonchev–Trinajstić information content (AvgIpc) is 3.42. The van der Waals surface area contributed by atoms with E-state index in [4.69, 9.17) is 19.1 Å². The van der Waals surface area contributed by atoms with E-state index in [1.165, 1.54) is 0 Å². The summed E-state index contributed by atoms with van der Waals surface area (Å²) in [6.45, 7) is 22.4. The smallest absolute Gasteiger partial charge is 0.450 e. The van der Waals surface area contributed by atoms with Gasteiger partial charge in [0.25, 0.3) is 0 Å². The summed E-state index contributed by atoms with van der Waals surface area (Å²) in [4.78, 5) is 32.1. The third-order valence-corrected chi connectivity index (χ3v) is 11.4. The van der Waals surface area contributed by atoms with E-state index >= 15 is 0 Å². The van der Waals surface area contributed by atoms with E-state index in [0.29, 0.717) is 11.4 Å². The van der Waals surface area contributed by atoms with Crippen molar-refractivity contribution in [2.45, 2.75) is 110 Å². The Labute approximate surface area is 234 Å². The van der Waals surface area contributed by atoms with Crippen LogP contribution in [0.15, 0.2) is 48.2 Å². The summed E-state index contributed by atoms with van der Waals surface area (Å²) < 4.78 is 13.9. The molecule has 1 aliphatic carbocycles. The number of ether oxygens (including phenoxy) is 1. The summed E-state index contributed by atoms with van der Waals surface area (Å²) in [6, 6.07) is 10.4. The van der Waals surface area contributed by atoms with E-state index in [1.54, 1.807) is 49.7 Å². The summed E-state index contributed by atoms with van der Waals surface area (Å²) in [5.41, 5.74) is -0.191. The minimum absolute atomic E-state index is 0.0810. The van der Waals surface area contributed by atoms with Crippen molar-refractivity contribution in [1.29, 1.82) is 0 Å². The molecule has 214 valence electrons. The number of nitrogens with zero attached hydrogens (tertiary/aromatic N) is 3. The molecule has 0 saturated heterocycles. The van der Waals surface area contributed by atoms with Gasteiger partial charge >= 0.3 is 12.1 Å². The Morgan fingerprint density at radius 1 is 1.00 bits per heavy atom. The highest BCUT2D eigenvalue weighted by atomic mass is 28.4. The van der Waals surface area contributed by atoms with Gasteiger partial charge in [0.05, 0.1) is 22.6 Å². The molecule has 1 heterocycles. The van der Waals surface area contributed by atoms with Gasteiger partial charge in [0.1, 0.15) is 5.60 Å². The van der Waals surface area contributed by atoms with E-state index in [9.17, 15) is 9.59 Å².